The first-order chi connectivity index (χ1) is 9.88. The van der Waals surface area contributed by atoms with Gasteiger partial charge in [-0.25, -0.2) is 0 Å². The Morgan fingerprint density at radius 3 is 2.32 bits per heavy atom. The van der Waals surface area contributed by atoms with E-state index in [-0.39, 0.29) is 24.0 Å². The molecule has 0 bridgehead atoms. The van der Waals surface area contributed by atoms with Crippen molar-refractivity contribution < 1.29 is 38.3 Å². The minimum absolute atomic E-state index is 0. The van der Waals surface area contributed by atoms with Gasteiger partial charge in [-0.15, -0.1) is 0 Å². The van der Waals surface area contributed by atoms with Gasteiger partial charge < -0.3 is 38.3 Å². The lowest BCUT2D eigenvalue weighted by Gasteiger charge is -2.35. The van der Waals surface area contributed by atoms with E-state index in [1.165, 1.54) is 5.39 Å². The van der Waals surface area contributed by atoms with E-state index >= 15 is 0 Å². The molecule has 0 saturated heterocycles. The Hall–Kier alpha value is -0.850. The van der Waals surface area contributed by atoms with E-state index < -0.39 is 6.10 Å². The van der Waals surface area contributed by atoms with Gasteiger partial charge in [0.2, 0.25) is 0 Å². The summed E-state index contributed by atoms with van der Waals surface area (Å²) in [6.07, 6.45) is -0.464. The van der Waals surface area contributed by atoms with E-state index in [9.17, 15) is 5.11 Å². The molecule has 0 radical (unpaired) electrons. The Kier molecular flexibility index (Phi) is 7.09. The molecule has 0 aromatic heterocycles. The van der Waals surface area contributed by atoms with Crippen molar-refractivity contribution in [1.29, 1.82) is 0 Å². The topological polar surface area (TPSA) is 29.5 Å². The smallest absolute Gasteiger partial charge is 0.137 e. The number of aliphatic hydroxyl groups excluding tert-OH is 1. The van der Waals surface area contributed by atoms with E-state index in [1.54, 1.807) is 0 Å². The van der Waals surface area contributed by atoms with E-state index in [2.05, 4.69) is 40.1 Å². The van der Waals surface area contributed by atoms with Gasteiger partial charge in [-0.05, 0) is 36.8 Å². The third-order valence-corrected chi connectivity index (χ3v) is 4.24. The van der Waals surface area contributed by atoms with Crippen molar-refractivity contribution in [3.8, 4) is 5.75 Å². The molecule has 2 rings (SSSR count). The second-order valence-corrected chi connectivity index (χ2v) is 6.53. The largest absolute Gasteiger partial charge is 1.00 e. The Bertz CT molecular complexity index is 598. The average Bonchev–Trinajstić information content (AvgIpc) is 2.44. The number of nitrogens with zero attached hydrogens (tertiary/aromatic N) is 1. The standard InChI is InChI=1S/C18H26NO2.HI/c1-14(2)19(3,4)12-17(20)13-21-18-10-9-15-7-5-6-8-16(15)11-18;/h5-11,14,17,20H,12-13H2,1-4H3;1H/q+1;/p-1. The fourth-order valence-corrected chi connectivity index (χ4v) is 2.26. The van der Waals surface area contributed by atoms with Gasteiger partial charge in [0, 0.05) is 0 Å². The van der Waals surface area contributed by atoms with Crippen LogP contribution in [0.4, 0.5) is 0 Å². The first-order valence-electron chi connectivity index (χ1n) is 7.51. The summed E-state index contributed by atoms with van der Waals surface area (Å²) in [5, 5.41) is 12.5. The second-order valence-electron chi connectivity index (χ2n) is 6.53. The molecule has 0 aliphatic carbocycles. The number of hydrogen-bond donors (Lipinski definition) is 1. The highest BCUT2D eigenvalue weighted by Gasteiger charge is 2.24. The zero-order chi connectivity index (χ0) is 15.5. The van der Waals surface area contributed by atoms with Gasteiger partial charge in [0.05, 0.1) is 20.1 Å². The van der Waals surface area contributed by atoms with Crippen LogP contribution in [0.1, 0.15) is 13.8 Å². The summed E-state index contributed by atoms with van der Waals surface area (Å²) in [5.41, 5.74) is 0. The summed E-state index contributed by atoms with van der Waals surface area (Å²) in [6, 6.07) is 14.7. The van der Waals surface area contributed by atoms with Gasteiger partial charge in [0.25, 0.3) is 0 Å². The van der Waals surface area contributed by atoms with Crippen molar-refractivity contribution in [2.45, 2.75) is 26.0 Å². The van der Waals surface area contributed by atoms with Gasteiger partial charge in [0.15, 0.2) is 0 Å². The lowest BCUT2D eigenvalue weighted by Crippen LogP contribution is -3.00. The van der Waals surface area contributed by atoms with Crippen molar-refractivity contribution >= 4 is 10.8 Å². The summed E-state index contributed by atoms with van der Waals surface area (Å²) in [4.78, 5) is 0. The van der Waals surface area contributed by atoms with E-state index in [0.29, 0.717) is 19.2 Å². The summed E-state index contributed by atoms with van der Waals surface area (Å²) in [6.45, 7) is 5.34. The molecule has 0 amide bonds. The fourth-order valence-electron chi connectivity index (χ4n) is 2.26. The van der Waals surface area contributed by atoms with Crippen molar-refractivity contribution in [3.63, 3.8) is 0 Å². The van der Waals surface area contributed by atoms with Crippen LogP contribution in [0.2, 0.25) is 0 Å². The van der Waals surface area contributed by atoms with Crippen LogP contribution in [-0.2, 0) is 0 Å². The predicted molar refractivity (Wildman–Crippen MR) is 87.6 cm³/mol. The maximum atomic E-state index is 10.2. The second kappa shape index (κ2) is 8.13. The predicted octanol–water partition coefficient (Wildman–Crippen LogP) is 0.0683. The number of aliphatic hydroxyl groups is 1. The highest BCUT2D eigenvalue weighted by atomic mass is 127. The average molecular weight is 415 g/mol. The molecule has 0 spiro atoms. The van der Waals surface area contributed by atoms with Crippen molar-refractivity contribution in [3.05, 3.63) is 42.5 Å². The maximum Gasteiger partial charge on any atom is 0.137 e. The Labute approximate surface area is 150 Å². The first-order valence-corrected chi connectivity index (χ1v) is 7.51. The quantitative estimate of drug-likeness (QED) is 0.535. The first kappa shape index (κ1) is 19.2. The molecule has 122 valence electrons. The number of hydrogen-bond acceptors (Lipinski definition) is 2. The van der Waals surface area contributed by atoms with E-state index in [4.69, 9.17) is 4.74 Å². The number of ether oxygens (including phenoxy) is 1. The zero-order valence-corrected chi connectivity index (χ0v) is 15.9. The van der Waals surface area contributed by atoms with Gasteiger partial charge in [-0.3, -0.25) is 0 Å². The number of likely N-dealkylation sites (N-methyl/N-ethyl adjacent to an activating group) is 1. The van der Waals surface area contributed by atoms with Crippen LogP contribution in [0.25, 0.3) is 10.8 Å². The van der Waals surface area contributed by atoms with Crippen molar-refractivity contribution in [2.75, 3.05) is 27.2 Å². The lowest BCUT2D eigenvalue weighted by atomic mass is 10.1. The molecule has 1 atom stereocenters. The molecular formula is C18H26INO2. The van der Waals surface area contributed by atoms with Gasteiger partial charge in [0.1, 0.15) is 25.0 Å². The SMILES string of the molecule is CC(C)[N+](C)(C)CC(O)COc1ccc2ccccc2c1.[I-]. The number of halogens is 1. The molecule has 0 aliphatic heterocycles. The Morgan fingerprint density at radius 1 is 1.05 bits per heavy atom. The normalized spacial score (nSPS) is 13.0. The molecule has 3 nitrogen and oxygen atoms in total. The molecule has 0 fully saturated rings. The van der Waals surface area contributed by atoms with Crippen LogP contribution in [0, 0.1) is 0 Å². The van der Waals surface area contributed by atoms with E-state index in [1.807, 2.05) is 30.3 Å². The number of fused-ring (bicyclic) bond motifs is 1. The molecule has 1 unspecified atom stereocenters. The molecule has 0 heterocycles. The van der Waals surface area contributed by atoms with Crippen LogP contribution in [0.5, 0.6) is 5.75 Å². The van der Waals surface area contributed by atoms with Gasteiger partial charge in [-0.1, -0.05) is 30.3 Å². The summed E-state index contributed by atoms with van der Waals surface area (Å²) < 4.78 is 6.52. The molecule has 1 N–H and O–H groups in total. The molecular weight excluding hydrogens is 389 g/mol. The van der Waals surface area contributed by atoms with Crippen molar-refractivity contribution in [1.82, 2.24) is 0 Å². The van der Waals surface area contributed by atoms with Crippen LogP contribution in [0.15, 0.2) is 42.5 Å². The third kappa shape index (κ3) is 5.11. The Morgan fingerprint density at radius 2 is 1.68 bits per heavy atom. The minimum Gasteiger partial charge on any atom is -1.00 e. The molecule has 22 heavy (non-hydrogen) atoms. The molecule has 2 aromatic carbocycles. The number of quaternary nitrogens is 1. The van der Waals surface area contributed by atoms with E-state index in [0.717, 1.165) is 15.6 Å². The fraction of sp³-hybridized carbons (Fsp3) is 0.444. The lowest BCUT2D eigenvalue weighted by molar-refractivity contribution is -0.914. The van der Waals surface area contributed by atoms with Gasteiger partial charge in [-0.2, -0.15) is 0 Å². The van der Waals surface area contributed by atoms with Crippen LogP contribution < -0.4 is 28.7 Å². The Balaban J connectivity index is 0.00000242. The zero-order valence-electron chi connectivity index (χ0n) is 13.8. The van der Waals surface area contributed by atoms with Crippen LogP contribution >= 0.6 is 0 Å². The highest BCUT2D eigenvalue weighted by molar-refractivity contribution is 5.83. The van der Waals surface area contributed by atoms with Crippen molar-refractivity contribution in [2.24, 2.45) is 0 Å². The molecule has 4 heteroatoms. The monoisotopic (exact) mass is 415 g/mol. The molecule has 2 aromatic rings. The number of benzene rings is 2. The number of rotatable bonds is 6. The van der Waals surface area contributed by atoms with Gasteiger partial charge >= 0.3 is 0 Å². The molecule has 0 aliphatic rings. The summed E-state index contributed by atoms with van der Waals surface area (Å²) in [5.74, 6) is 0.808. The minimum atomic E-state index is -0.464. The van der Waals surface area contributed by atoms with Crippen LogP contribution in [0.3, 0.4) is 0 Å². The van der Waals surface area contributed by atoms with Crippen LogP contribution in [-0.4, -0.2) is 49.0 Å². The summed E-state index contributed by atoms with van der Waals surface area (Å²) in [7, 11) is 4.26. The molecule has 0 saturated carbocycles. The highest BCUT2D eigenvalue weighted by Crippen LogP contribution is 2.20. The third-order valence-electron chi connectivity index (χ3n) is 4.24. The maximum absolute atomic E-state index is 10.2. The summed E-state index contributed by atoms with van der Waals surface area (Å²) >= 11 is 0.